The molecule has 0 aliphatic heterocycles. The second kappa shape index (κ2) is 6.95. The Labute approximate surface area is 150 Å². The van der Waals surface area contributed by atoms with Crippen LogP contribution in [0.5, 0.6) is 0 Å². The number of nitrogens with zero attached hydrogens (tertiary/aromatic N) is 3. The van der Waals surface area contributed by atoms with Gasteiger partial charge in [-0.15, -0.1) is 0 Å². The predicted octanol–water partition coefficient (Wildman–Crippen LogP) is 2.68. The van der Waals surface area contributed by atoms with E-state index in [9.17, 15) is 8.42 Å². The van der Waals surface area contributed by atoms with Gasteiger partial charge in [0, 0.05) is 12.6 Å². The van der Waals surface area contributed by atoms with Crippen LogP contribution in [0.1, 0.15) is 32.1 Å². The molecule has 1 heterocycles. The molecule has 1 aromatic heterocycles. The van der Waals surface area contributed by atoms with Crippen molar-refractivity contribution in [3.8, 4) is 10.6 Å². The average Bonchev–Trinajstić information content (AvgIpc) is 2.88. The summed E-state index contributed by atoms with van der Waals surface area (Å²) in [6.45, 7) is 0. The van der Waals surface area contributed by atoms with Crippen LogP contribution in [0.3, 0.4) is 0 Å². The zero-order valence-corrected chi connectivity index (χ0v) is 15.7. The van der Waals surface area contributed by atoms with E-state index in [2.05, 4.69) is 5.10 Å². The first-order valence-electron chi connectivity index (χ1n) is 7.75. The molecule has 1 saturated carbocycles. The second-order valence-electron chi connectivity index (χ2n) is 5.92. The average molecular weight is 387 g/mol. The topological polar surface area (TPSA) is 90.3 Å². The zero-order valence-electron chi connectivity index (χ0n) is 13.3. The molecule has 2 aromatic rings. The van der Waals surface area contributed by atoms with Gasteiger partial charge in [-0.1, -0.05) is 48.3 Å². The molecule has 0 bridgehead atoms. The van der Waals surface area contributed by atoms with Gasteiger partial charge < -0.3 is 0 Å². The fourth-order valence-electron chi connectivity index (χ4n) is 2.81. The molecular formula is C15H19ClN4O2S2. The summed E-state index contributed by atoms with van der Waals surface area (Å²) in [7, 11) is -1.96. The van der Waals surface area contributed by atoms with E-state index in [1.165, 1.54) is 36.7 Å². The number of primary sulfonamides is 1. The van der Waals surface area contributed by atoms with Crippen molar-refractivity contribution < 1.29 is 8.42 Å². The van der Waals surface area contributed by atoms with Gasteiger partial charge in [0.05, 0.1) is 11.1 Å². The molecule has 1 aromatic carbocycles. The molecule has 0 atom stereocenters. The molecule has 1 aliphatic rings. The zero-order chi connectivity index (χ0) is 17.3. The summed E-state index contributed by atoms with van der Waals surface area (Å²) < 4.78 is 24.6. The van der Waals surface area contributed by atoms with Gasteiger partial charge in [-0.25, -0.2) is 18.2 Å². The standard InChI is InChI=1S/C15H19ClN4O2S2/c1-20-15(18-11-5-3-2-4-6-11)23-14(19-20)10-7-8-13(12(16)9-10)24(17,21)22/h7-9,11H,2-6H2,1H3,(H2,17,21,22). The Hall–Kier alpha value is -1.22. The fraction of sp³-hybridized carbons (Fsp3) is 0.467. The van der Waals surface area contributed by atoms with Crippen molar-refractivity contribution in [3.63, 3.8) is 0 Å². The third-order valence-corrected chi connectivity index (χ3v) is 6.52. The molecule has 1 aliphatic carbocycles. The van der Waals surface area contributed by atoms with E-state index < -0.39 is 10.0 Å². The SMILES string of the molecule is Cn1nc(-c2ccc(S(N)(=O)=O)c(Cl)c2)sc1=NC1CCCCC1. The number of sulfonamides is 1. The highest BCUT2D eigenvalue weighted by Gasteiger charge is 2.16. The first-order chi connectivity index (χ1) is 11.3. The first-order valence-corrected chi connectivity index (χ1v) is 10.5. The monoisotopic (exact) mass is 386 g/mol. The van der Waals surface area contributed by atoms with Crippen molar-refractivity contribution in [2.75, 3.05) is 0 Å². The molecule has 3 rings (SSSR count). The third-order valence-electron chi connectivity index (χ3n) is 4.06. The van der Waals surface area contributed by atoms with Crippen molar-refractivity contribution in [1.29, 1.82) is 0 Å². The number of halogens is 1. The van der Waals surface area contributed by atoms with Crippen LogP contribution in [0.15, 0.2) is 28.1 Å². The highest BCUT2D eigenvalue weighted by atomic mass is 35.5. The fourth-order valence-corrected chi connectivity index (χ4v) is 4.86. The van der Waals surface area contributed by atoms with Crippen LogP contribution in [-0.4, -0.2) is 24.2 Å². The summed E-state index contributed by atoms with van der Waals surface area (Å²) in [5, 5.41) is 10.5. The van der Waals surface area contributed by atoms with Crippen LogP contribution in [0.2, 0.25) is 5.02 Å². The lowest BCUT2D eigenvalue weighted by Gasteiger charge is -2.16. The van der Waals surface area contributed by atoms with Gasteiger partial charge in [-0.2, -0.15) is 5.10 Å². The van der Waals surface area contributed by atoms with Gasteiger partial charge in [0.15, 0.2) is 0 Å². The quantitative estimate of drug-likeness (QED) is 0.879. The smallest absolute Gasteiger partial charge is 0.239 e. The highest BCUT2D eigenvalue weighted by molar-refractivity contribution is 7.89. The summed E-state index contributed by atoms with van der Waals surface area (Å²) in [5.41, 5.74) is 0.748. The third kappa shape index (κ3) is 3.88. The van der Waals surface area contributed by atoms with Crippen molar-refractivity contribution in [1.82, 2.24) is 9.78 Å². The number of aromatic nitrogens is 2. The van der Waals surface area contributed by atoms with Gasteiger partial charge in [-0.05, 0) is 25.0 Å². The van der Waals surface area contributed by atoms with Gasteiger partial charge in [-0.3, -0.25) is 4.99 Å². The van der Waals surface area contributed by atoms with E-state index in [1.54, 1.807) is 16.8 Å². The molecule has 0 amide bonds. The van der Waals surface area contributed by atoms with Crippen molar-refractivity contribution in [3.05, 3.63) is 28.0 Å². The Kier molecular flexibility index (Phi) is 5.10. The van der Waals surface area contributed by atoms with Gasteiger partial charge in [0.1, 0.15) is 9.90 Å². The largest absolute Gasteiger partial charge is 0.254 e. The summed E-state index contributed by atoms with van der Waals surface area (Å²) >= 11 is 7.53. The minimum absolute atomic E-state index is 0.0824. The van der Waals surface area contributed by atoms with Crippen LogP contribution >= 0.6 is 22.9 Å². The van der Waals surface area contributed by atoms with Crippen LogP contribution in [0.25, 0.3) is 10.6 Å². The molecular weight excluding hydrogens is 368 g/mol. The number of aryl methyl sites for hydroxylation is 1. The van der Waals surface area contributed by atoms with Gasteiger partial charge >= 0.3 is 0 Å². The van der Waals surface area contributed by atoms with Crippen LogP contribution in [0, 0.1) is 0 Å². The molecule has 24 heavy (non-hydrogen) atoms. The Morgan fingerprint density at radius 3 is 2.67 bits per heavy atom. The maximum atomic E-state index is 11.4. The molecule has 2 N–H and O–H groups in total. The van der Waals surface area contributed by atoms with Crippen LogP contribution in [0.4, 0.5) is 0 Å². The Bertz CT molecular complexity index is 912. The first kappa shape index (κ1) is 17.6. The molecule has 1 fully saturated rings. The highest BCUT2D eigenvalue weighted by Crippen LogP contribution is 2.28. The molecule has 0 unspecified atom stereocenters. The number of nitrogens with two attached hydrogens (primary N) is 1. The lowest BCUT2D eigenvalue weighted by atomic mass is 9.96. The predicted molar refractivity (Wildman–Crippen MR) is 95.3 cm³/mol. The minimum Gasteiger partial charge on any atom is -0.254 e. The van der Waals surface area contributed by atoms with E-state index in [0.29, 0.717) is 6.04 Å². The van der Waals surface area contributed by atoms with Crippen molar-refractivity contribution in [2.45, 2.75) is 43.0 Å². The summed E-state index contributed by atoms with van der Waals surface area (Å²) in [6, 6.07) is 5.01. The van der Waals surface area contributed by atoms with Gasteiger partial charge in [0.2, 0.25) is 14.8 Å². The van der Waals surface area contributed by atoms with E-state index in [1.807, 2.05) is 7.05 Å². The second-order valence-corrected chi connectivity index (χ2v) is 8.82. The molecule has 9 heteroatoms. The maximum absolute atomic E-state index is 11.4. The molecule has 0 saturated heterocycles. The normalized spacial score (nSPS) is 17.4. The van der Waals surface area contributed by atoms with E-state index in [4.69, 9.17) is 21.7 Å². The maximum Gasteiger partial charge on any atom is 0.239 e. The Morgan fingerprint density at radius 1 is 1.33 bits per heavy atom. The number of rotatable bonds is 3. The Balaban J connectivity index is 1.95. The molecule has 130 valence electrons. The van der Waals surface area contributed by atoms with Crippen molar-refractivity contribution >= 4 is 33.0 Å². The van der Waals surface area contributed by atoms with Gasteiger partial charge in [0.25, 0.3) is 0 Å². The Morgan fingerprint density at radius 2 is 2.04 bits per heavy atom. The van der Waals surface area contributed by atoms with E-state index in [0.717, 1.165) is 28.2 Å². The number of hydrogen-bond acceptors (Lipinski definition) is 5. The molecule has 0 spiro atoms. The minimum atomic E-state index is -3.83. The summed E-state index contributed by atoms with van der Waals surface area (Å²) in [6.07, 6.45) is 6.01. The van der Waals surface area contributed by atoms with E-state index >= 15 is 0 Å². The summed E-state index contributed by atoms with van der Waals surface area (Å²) in [4.78, 5) is 5.60. The van der Waals surface area contributed by atoms with E-state index in [-0.39, 0.29) is 9.92 Å². The summed E-state index contributed by atoms with van der Waals surface area (Å²) in [5.74, 6) is 0. The number of hydrogen-bond donors (Lipinski definition) is 1. The van der Waals surface area contributed by atoms with Crippen molar-refractivity contribution in [2.24, 2.45) is 17.2 Å². The molecule has 6 nitrogen and oxygen atoms in total. The van der Waals surface area contributed by atoms with Crippen LogP contribution < -0.4 is 9.94 Å². The number of benzene rings is 1. The lowest BCUT2D eigenvalue weighted by Crippen LogP contribution is -2.18. The molecule has 0 radical (unpaired) electrons. The van der Waals surface area contributed by atoms with Crippen LogP contribution in [-0.2, 0) is 17.1 Å². The lowest BCUT2D eigenvalue weighted by molar-refractivity contribution is 0.434.